The molecule has 0 saturated carbocycles. The average Bonchev–Trinajstić information content (AvgIpc) is 3.02. The summed E-state index contributed by atoms with van der Waals surface area (Å²) >= 11 is 1.02. The minimum atomic E-state index is -3.84. The average molecular weight is 641 g/mol. The van der Waals surface area contributed by atoms with Gasteiger partial charge in [0.15, 0.2) is 0 Å². The van der Waals surface area contributed by atoms with Gasteiger partial charge in [0.25, 0.3) is 0 Å². The van der Waals surface area contributed by atoms with Crippen LogP contribution in [-0.2, 0) is 37.2 Å². The van der Waals surface area contributed by atoms with Crippen LogP contribution >= 0.6 is 11.8 Å². The van der Waals surface area contributed by atoms with Gasteiger partial charge < -0.3 is 21.1 Å². The number of rotatable bonds is 15. The van der Waals surface area contributed by atoms with Crippen molar-refractivity contribution < 1.29 is 27.9 Å². The number of nitrogens with zero attached hydrogens (tertiary/aromatic N) is 1. The molecule has 236 valence electrons. The fourth-order valence-electron chi connectivity index (χ4n) is 5.47. The van der Waals surface area contributed by atoms with E-state index in [9.17, 15) is 27.9 Å². The summed E-state index contributed by atoms with van der Waals surface area (Å²) in [4.78, 5) is 41.1. The molecule has 0 aliphatic carbocycles. The van der Waals surface area contributed by atoms with Crippen LogP contribution in [0, 0.1) is 0 Å². The molecule has 3 aromatic carbocycles. The monoisotopic (exact) mass is 640 g/mol. The van der Waals surface area contributed by atoms with Crippen molar-refractivity contribution in [1.29, 1.82) is 0 Å². The first-order valence-corrected chi connectivity index (χ1v) is 17.6. The van der Waals surface area contributed by atoms with Crippen molar-refractivity contribution in [3.05, 3.63) is 83.9 Å². The molecule has 10 nitrogen and oxygen atoms in total. The van der Waals surface area contributed by atoms with Crippen LogP contribution in [0.2, 0.25) is 0 Å². The molecule has 1 fully saturated rings. The number of hydrogen-bond acceptors (Lipinski definition) is 7. The van der Waals surface area contributed by atoms with Gasteiger partial charge in [-0.05, 0) is 54.0 Å². The Labute approximate surface area is 262 Å². The van der Waals surface area contributed by atoms with E-state index >= 15 is 0 Å². The van der Waals surface area contributed by atoms with Crippen molar-refractivity contribution >= 4 is 50.3 Å². The lowest BCUT2D eigenvalue weighted by atomic mass is 9.98. The predicted molar refractivity (Wildman–Crippen MR) is 173 cm³/mol. The van der Waals surface area contributed by atoms with Crippen LogP contribution in [0.4, 0.5) is 0 Å². The molecule has 3 atom stereocenters. The number of sulfonamides is 1. The topological polar surface area (TPSA) is 159 Å². The summed E-state index contributed by atoms with van der Waals surface area (Å²) in [6.45, 7) is 0.263. The van der Waals surface area contributed by atoms with Gasteiger partial charge in [0.2, 0.25) is 27.7 Å². The number of benzene rings is 3. The predicted octanol–water partition coefficient (Wildman–Crippen LogP) is 2.34. The molecule has 0 radical (unpaired) electrons. The number of amides is 3. The van der Waals surface area contributed by atoms with Crippen LogP contribution in [0.1, 0.15) is 36.8 Å². The smallest absolute Gasteiger partial charge is 0.243 e. The highest BCUT2D eigenvalue weighted by Gasteiger charge is 2.38. The van der Waals surface area contributed by atoms with Crippen LogP contribution in [0.15, 0.2) is 72.8 Å². The molecule has 1 heterocycles. The van der Waals surface area contributed by atoms with E-state index in [2.05, 4.69) is 10.0 Å². The zero-order valence-corrected chi connectivity index (χ0v) is 26.2. The minimum Gasteiger partial charge on any atom is -0.386 e. The van der Waals surface area contributed by atoms with Gasteiger partial charge in [-0.3, -0.25) is 14.4 Å². The first kappa shape index (κ1) is 33.4. The van der Waals surface area contributed by atoms with E-state index in [1.807, 2.05) is 72.8 Å². The second-order valence-corrected chi connectivity index (χ2v) is 13.8. The Kier molecular flexibility index (Phi) is 12.2. The normalized spacial score (nSPS) is 16.8. The molecule has 0 spiro atoms. The number of aliphatic hydroxyl groups is 1. The highest BCUT2D eigenvalue weighted by atomic mass is 32.2. The highest BCUT2D eigenvalue weighted by molar-refractivity contribution is 7.99. The summed E-state index contributed by atoms with van der Waals surface area (Å²) in [5, 5.41) is 14.2. The van der Waals surface area contributed by atoms with Gasteiger partial charge in [-0.2, -0.15) is 0 Å². The molecule has 1 aliphatic rings. The molecule has 3 aromatic rings. The number of piperidine rings is 1. The number of aliphatic hydroxyl groups excluding tert-OH is 1. The Morgan fingerprint density at radius 1 is 0.955 bits per heavy atom. The number of likely N-dealkylation sites (tertiary alicyclic amines) is 1. The van der Waals surface area contributed by atoms with Gasteiger partial charge in [-0.1, -0.05) is 72.8 Å². The third-order valence-corrected chi connectivity index (χ3v) is 9.94. The number of aryl methyl sites for hydroxylation is 1. The highest BCUT2D eigenvalue weighted by Crippen LogP contribution is 2.21. The number of carbonyl (C=O) groups is 3. The summed E-state index contributed by atoms with van der Waals surface area (Å²) in [7, 11) is -3.84. The maximum atomic E-state index is 13.8. The number of hydrogen-bond donors (Lipinski definition) is 4. The summed E-state index contributed by atoms with van der Waals surface area (Å²) in [5.41, 5.74) is 7.52. The molecule has 1 saturated heterocycles. The van der Waals surface area contributed by atoms with Gasteiger partial charge in [0.05, 0.1) is 11.7 Å². The molecule has 12 heteroatoms. The van der Waals surface area contributed by atoms with E-state index in [1.54, 1.807) is 0 Å². The van der Waals surface area contributed by atoms with E-state index in [4.69, 9.17) is 5.73 Å². The second-order valence-electron chi connectivity index (χ2n) is 11.0. The third-order valence-electron chi connectivity index (χ3n) is 7.72. The molecule has 5 N–H and O–H groups in total. The maximum absolute atomic E-state index is 13.8. The number of nitrogens with two attached hydrogens (primary N) is 1. The minimum absolute atomic E-state index is 0.00393. The maximum Gasteiger partial charge on any atom is 0.243 e. The molecule has 0 bridgehead atoms. The zero-order valence-electron chi connectivity index (χ0n) is 24.6. The van der Waals surface area contributed by atoms with Crippen molar-refractivity contribution in [1.82, 2.24) is 14.9 Å². The number of thioether (sulfide) groups is 1. The number of nitrogens with one attached hydrogen (secondary N) is 2. The summed E-state index contributed by atoms with van der Waals surface area (Å²) in [5.74, 6) is -2.21. The SMILES string of the molecule is NC(=O)[C@H](Cc1ccc2ccccc2c1)NC(=O)[C@@H]1CCCCN1C(=O)[C@H](CSCO)NS(=O)(=O)CCCc1ccccc1. The van der Waals surface area contributed by atoms with Crippen molar-refractivity contribution in [3.8, 4) is 0 Å². The molecule has 4 rings (SSSR count). The number of carbonyl (C=O) groups excluding carboxylic acids is 3. The van der Waals surface area contributed by atoms with Gasteiger partial charge in [0, 0.05) is 18.7 Å². The van der Waals surface area contributed by atoms with E-state index in [0.29, 0.717) is 32.1 Å². The summed E-state index contributed by atoms with van der Waals surface area (Å²) in [6.07, 6.45) is 2.83. The Morgan fingerprint density at radius 2 is 1.68 bits per heavy atom. The molecule has 1 aliphatic heterocycles. The van der Waals surface area contributed by atoms with E-state index < -0.39 is 45.9 Å². The second kappa shape index (κ2) is 16.0. The van der Waals surface area contributed by atoms with Crippen molar-refractivity contribution in [2.75, 3.05) is 24.0 Å². The number of fused-ring (bicyclic) bond motifs is 1. The largest absolute Gasteiger partial charge is 0.386 e. The van der Waals surface area contributed by atoms with E-state index in [-0.39, 0.29) is 30.4 Å². The molecular formula is C32H40N4O6S2. The molecule has 0 unspecified atom stereocenters. The standard InChI is InChI=1S/C32H40N4O6S2/c33-30(38)27(20-24-15-16-25-12-4-5-13-26(25)19-24)34-31(39)29-14-6-7-17-36(29)32(40)28(21-43-22-37)35-44(41,42)18-8-11-23-9-2-1-3-10-23/h1-5,9-10,12-13,15-16,19,27-29,35,37H,6-8,11,14,17-18,20-22H2,(H2,33,38)(H,34,39)/t27-,28-,29-/m0/s1. The molecule has 0 aromatic heterocycles. The van der Waals surface area contributed by atoms with Crippen molar-refractivity contribution in [2.24, 2.45) is 5.73 Å². The zero-order chi connectivity index (χ0) is 31.5. The summed E-state index contributed by atoms with van der Waals surface area (Å²) in [6, 6.07) is 20.1. The molecule has 44 heavy (non-hydrogen) atoms. The van der Waals surface area contributed by atoms with Crippen molar-refractivity contribution in [2.45, 2.75) is 56.7 Å². The molecular weight excluding hydrogens is 601 g/mol. The van der Waals surface area contributed by atoms with Gasteiger partial charge >= 0.3 is 0 Å². The lowest BCUT2D eigenvalue weighted by molar-refractivity contribution is -0.143. The number of primary amides is 1. The van der Waals surface area contributed by atoms with Crippen LogP contribution in [0.3, 0.4) is 0 Å². The first-order chi connectivity index (χ1) is 21.2. The Balaban J connectivity index is 1.43. The fraction of sp³-hybridized carbons (Fsp3) is 0.406. The fourth-order valence-corrected chi connectivity index (χ4v) is 7.41. The lowest BCUT2D eigenvalue weighted by Gasteiger charge is -2.37. The van der Waals surface area contributed by atoms with Gasteiger partial charge in [-0.15, -0.1) is 11.8 Å². The lowest BCUT2D eigenvalue weighted by Crippen LogP contribution is -2.60. The Morgan fingerprint density at radius 3 is 2.41 bits per heavy atom. The third kappa shape index (κ3) is 9.52. The molecule has 3 amide bonds. The Hall–Kier alpha value is -3.45. The Bertz CT molecular complexity index is 1540. The van der Waals surface area contributed by atoms with Gasteiger partial charge in [-0.25, -0.2) is 13.1 Å². The summed E-state index contributed by atoms with van der Waals surface area (Å²) < 4.78 is 28.5. The van der Waals surface area contributed by atoms with Crippen LogP contribution in [-0.4, -0.2) is 78.3 Å². The quantitative estimate of drug-likeness (QED) is 0.186. The van der Waals surface area contributed by atoms with Crippen LogP contribution in [0.25, 0.3) is 10.8 Å². The van der Waals surface area contributed by atoms with Crippen molar-refractivity contribution in [3.63, 3.8) is 0 Å². The van der Waals surface area contributed by atoms with Gasteiger partial charge in [0.1, 0.15) is 18.1 Å². The van der Waals surface area contributed by atoms with E-state index in [0.717, 1.165) is 33.7 Å². The van der Waals surface area contributed by atoms with Crippen LogP contribution < -0.4 is 15.8 Å². The first-order valence-electron chi connectivity index (χ1n) is 14.8. The van der Waals surface area contributed by atoms with Crippen LogP contribution in [0.5, 0.6) is 0 Å². The van der Waals surface area contributed by atoms with E-state index in [1.165, 1.54) is 4.90 Å².